The van der Waals surface area contributed by atoms with Crippen LogP contribution in [0.1, 0.15) is 67.0 Å². The molecule has 41 heavy (non-hydrogen) atoms. The molecule has 0 bridgehead atoms. The molecule has 3 heterocycles. The topological polar surface area (TPSA) is 82.6 Å². The SMILES string of the molecule is CN1C(=O)C(CC(=O)N2C[C@H](F)C[C@H]2C(=O)N[C@@H](c2ccccc2)c2ccc(C3(C)CC3)c(F)n2)c2ccccc21. The number of nitrogens with one attached hydrogen (secondary N) is 1. The van der Waals surface area contributed by atoms with Crippen molar-refractivity contribution in [2.24, 2.45) is 0 Å². The van der Waals surface area contributed by atoms with Crippen LogP contribution in [0.25, 0.3) is 0 Å². The molecule has 1 N–H and O–H groups in total. The maximum Gasteiger partial charge on any atom is 0.243 e. The summed E-state index contributed by atoms with van der Waals surface area (Å²) in [6, 6.07) is 17.9. The summed E-state index contributed by atoms with van der Waals surface area (Å²) >= 11 is 0. The van der Waals surface area contributed by atoms with Crippen LogP contribution in [0.4, 0.5) is 14.5 Å². The number of aromatic nitrogens is 1. The van der Waals surface area contributed by atoms with E-state index in [4.69, 9.17) is 0 Å². The van der Waals surface area contributed by atoms with Crippen LogP contribution in [0.5, 0.6) is 0 Å². The number of pyridine rings is 1. The fourth-order valence-electron chi connectivity index (χ4n) is 6.10. The Morgan fingerprint density at radius 3 is 2.49 bits per heavy atom. The van der Waals surface area contributed by atoms with E-state index in [1.165, 1.54) is 9.80 Å². The van der Waals surface area contributed by atoms with E-state index in [0.29, 0.717) is 16.8 Å². The molecule has 3 amide bonds. The van der Waals surface area contributed by atoms with Gasteiger partial charge in [0, 0.05) is 31.1 Å². The predicted octanol–water partition coefficient (Wildman–Crippen LogP) is 4.57. The Morgan fingerprint density at radius 1 is 1.07 bits per heavy atom. The summed E-state index contributed by atoms with van der Waals surface area (Å²) in [5.74, 6) is -2.48. The number of fused-ring (bicyclic) bond motifs is 1. The van der Waals surface area contributed by atoms with Crippen LogP contribution in [0.2, 0.25) is 0 Å². The number of alkyl halides is 1. The molecule has 1 unspecified atom stereocenters. The third-order valence-electron chi connectivity index (χ3n) is 8.79. The lowest BCUT2D eigenvalue weighted by atomic mass is 9.96. The van der Waals surface area contributed by atoms with Gasteiger partial charge in [-0.25, -0.2) is 9.37 Å². The molecule has 1 aliphatic carbocycles. The molecule has 1 saturated carbocycles. The number of para-hydroxylation sites is 1. The van der Waals surface area contributed by atoms with Crippen LogP contribution < -0.4 is 10.2 Å². The molecule has 1 saturated heterocycles. The summed E-state index contributed by atoms with van der Waals surface area (Å²) in [7, 11) is 1.66. The molecule has 3 aliphatic rings. The fourth-order valence-corrected chi connectivity index (χ4v) is 6.10. The van der Waals surface area contributed by atoms with E-state index in [9.17, 15) is 18.8 Å². The van der Waals surface area contributed by atoms with Crippen molar-refractivity contribution in [2.45, 2.75) is 62.2 Å². The minimum Gasteiger partial charge on any atom is -0.342 e. The van der Waals surface area contributed by atoms with E-state index in [-0.39, 0.29) is 30.7 Å². The highest BCUT2D eigenvalue weighted by molar-refractivity contribution is 6.06. The lowest BCUT2D eigenvalue weighted by Crippen LogP contribution is -2.47. The Kier molecular flexibility index (Phi) is 6.83. The van der Waals surface area contributed by atoms with Gasteiger partial charge in [0.2, 0.25) is 23.7 Å². The third kappa shape index (κ3) is 4.98. The summed E-state index contributed by atoms with van der Waals surface area (Å²) in [5.41, 5.74) is 2.83. The van der Waals surface area contributed by atoms with Crippen molar-refractivity contribution in [3.8, 4) is 0 Å². The van der Waals surface area contributed by atoms with Gasteiger partial charge in [0.25, 0.3) is 0 Å². The molecule has 3 aromatic rings. The monoisotopic (exact) mass is 558 g/mol. The molecular formula is C32H32F2N4O3. The lowest BCUT2D eigenvalue weighted by molar-refractivity contribution is -0.139. The van der Waals surface area contributed by atoms with Crippen LogP contribution in [0, 0.1) is 5.95 Å². The van der Waals surface area contributed by atoms with Crippen LogP contribution >= 0.6 is 0 Å². The molecule has 9 heteroatoms. The average molecular weight is 559 g/mol. The molecule has 0 spiro atoms. The van der Waals surface area contributed by atoms with Crippen LogP contribution in [-0.2, 0) is 19.8 Å². The Bertz CT molecular complexity index is 1510. The van der Waals surface area contributed by atoms with Gasteiger partial charge in [0.1, 0.15) is 12.2 Å². The Labute approximate surface area is 237 Å². The maximum atomic E-state index is 15.1. The zero-order chi connectivity index (χ0) is 28.9. The van der Waals surface area contributed by atoms with Crippen LogP contribution in [-0.4, -0.2) is 53.4 Å². The van der Waals surface area contributed by atoms with Gasteiger partial charge in [0.15, 0.2) is 0 Å². The quantitative estimate of drug-likeness (QED) is 0.431. The number of anilines is 1. The highest BCUT2D eigenvalue weighted by Gasteiger charge is 2.44. The lowest BCUT2D eigenvalue weighted by Gasteiger charge is -2.27. The van der Waals surface area contributed by atoms with Gasteiger partial charge in [0.05, 0.1) is 24.2 Å². The largest absolute Gasteiger partial charge is 0.342 e. The van der Waals surface area contributed by atoms with E-state index in [2.05, 4.69) is 10.3 Å². The minimum atomic E-state index is -1.38. The molecule has 212 valence electrons. The first-order chi connectivity index (χ1) is 19.7. The predicted molar refractivity (Wildman–Crippen MR) is 149 cm³/mol. The van der Waals surface area contributed by atoms with E-state index in [0.717, 1.165) is 24.1 Å². The van der Waals surface area contributed by atoms with Gasteiger partial charge in [-0.3, -0.25) is 14.4 Å². The van der Waals surface area contributed by atoms with Crippen molar-refractivity contribution in [2.75, 3.05) is 18.5 Å². The zero-order valence-corrected chi connectivity index (χ0v) is 23.0. The van der Waals surface area contributed by atoms with Crippen LogP contribution in [0.15, 0.2) is 66.7 Å². The summed E-state index contributed by atoms with van der Waals surface area (Å²) in [6.07, 6.45) is 0.0922. The number of likely N-dealkylation sites (N-methyl/N-ethyl adjacent to an activating group) is 1. The number of benzene rings is 2. The van der Waals surface area contributed by atoms with Crippen molar-refractivity contribution in [3.05, 3.63) is 95.1 Å². The number of likely N-dealkylation sites (tertiary alicyclic amines) is 1. The molecule has 2 fully saturated rings. The second-order valence-corrected chi connectivity index (χ2v) is 11.6. The van der Waals surface area contributed by atoms with Gasteiger partial charge < -0.3 is 15.1 Å². The first-order valence-electron chi connectivity index (χ1n) is 14.0. The van der Waals surface area contributed by atoms with Crippen molar-refractivity contribution in [3.63, 3.8) is 0 Å². The summed E-state index contributed by atoms with van der Waals surface area (Å²) in [6.45, 7) is 1.77. The summed E-state index contributed by atoms with van der Waals surface area (Å²) in [4.78, 5) is 47.1. The smallest absolute Gasteiger partial charge is 0.243 e. The number of carbonyl (C=O) groups excluding carboxylic acids is 3. The van der Waals surface area contributed by atoms with Gasteiger partial charge in [-0.15, -0.1) is 0 Å². The second-order valence-electron chi connectivity index (χ2n) is 11.6. The number of hydrogen-bond donors (Lipinski definition) is 1. The molecule has 2 aliphatic heterocycles. The van der Waals surface area contributed by atoms with E-state index >= 15 is 4.39 Å². The van der Waals surface area contributed by atoms with Gasteiger partial charge in [-0.1, -0.05) is 61.5 Å². The first kappa shape index (κ1) is 27.1. The van der Waals surface area contributed by atoms with Gasteiger partial charge >= 0.3 is 0 Å². The van der Waals surface area contributed by atoms with Crippen molar-refractivity contribution in [1.82, 2.24) is 15.2 Å². The number of amides is 3. The third-order valence-corrected chi connectivity index (χ3v) is 8.79. The highest BCUT2D eigenvalue weighted by Crippen LogP contribution is 2.48. The van der Waals surface area contributed by atoms with E-state index in [1.807, 2.05) is 37.3 Å². The molecule has 4 atom stereocenters. The summed E-state index contributed by atoms with van der Waals surface area (Å²) < 4.78 is 29.8. The number of carbonyl (C=O) groups is 3. The van der Waals surface area contributed by atoms with Crippen molar-refractivity contribution >= 4 is 23.4 Å². The minimum absolute atomic E-state index is 0.159. The molecular weight excluding hydrogens is 526 g/mol. The number of hydrogen-bond acceptors (Lipinski definition) is 4. The molecule has 6 rings (SSSR count). The fraction of sp³-hybridized carbons (Fsp3) is 0.375. The second kappa shape index (κ2) is 10.4. The van der Waals surface area contributed by atoms with E-state index in [1.54, 1.807) is 43.4 Å². The highest BCUT2D eigenvalue weighted by atomic mass is 19.1. The number of halogens is 2. The number of rotatable bonds is 7. The first-order valence-corrected chi connectivity index (χ1v) is 14.0. The normalized spacial score (nSPS) is 23.3. The average Bonchev–Trinajstić information content (AvgIpc) is 3.52. The van der Waals surface area contributed by atoms with Gasteiger partial charge in [-0.05, 0) is 41.5 Å². The summed E-state index contributed by atoms with van der Waals surface area (Å²) in [5, 5.41) is 2.92. The molecule has 2 aromatic carbocycles. The van der Waals surface area contributed by atoms with Gasteiger partial charge in [-0.2, -0.15) is 4.39 Å². The van der Waals surface area contributed by atoms with Crippen molar-refractivity contribution < 1.29 is 23.2 Å². The molecule has 1 aromatic heterocycles. The maximum absolute atomic E-state index is 15.1. The Hall–Kier alpha value is -4.14. The molecule has 0 radical (unpaired) electrons. The number of nitrogens with zero attached hydrogens (tertiary/aromatic N) is 3. The standard InChI is InChI=1S/C32H32F2N4O3/c1-32(14-15-32)23-12-13-24(35-29(23)34)28(19-8-4-3-5-9-19)36-30(40)26-16-20(33)18-38(26)27(39)17-22-21-10-6-7-11-25(21)37(2)31(22)41/h3-13,20,22,26,28H,14-18H2,1-2H3,(H,36,40)/t20-,22?,26+,28+/m1/s1. The zero-order valence-electron chi connectivity index (χ0n) is 23.0. The molecule has 7 nitrogen and oxygen atoms in total. The van der Waals surface area contributed by atoms with E-state index < -0.39 is 41.9 Å². The van der Waals surface area contributed by atoms with Crippen LogP contribution in [0.3, 0.4) is 0 Å². The Morgan fingerprint density at radius 2 is 1.78 bits per heavy atom. The van der Waals surface area contributed by atoms with Crippen molar-refractivity contribution in [1.29, 1.82) is 0 Å². The Balaban J connectivity index is 1.24.